The van der Waals surface area contributed by atoms with Crippen LogP contribution in [0.4, 0.5) is 0 Å². The van der Waals surface area contributed by atoms with Gasteiger partial charge in [0.25, 0.3) is 0 Å². The maximum atomic E-state index is 11.8. The molecule has 0 bridgehead atoms. The highest BCUT2D eigenvalue weighted by Gasteiger charge is 2.29. The highest BCUT2D eigenvalue weighted by atomic mass is 32.2. The summed E-state index contributed by atoms with van der Waals surface area (Å²) in [6, 6.07) is 0. The summed E-state index contributed by atoms with van der Waals surface area (Å²) in [4.78, 5) is 27.0. The molecule has 4 nitrogen and oxygen atoms in total. The molecule has 1 aliphatic heterocycles. The lowest BCUT2D eigenvalue weighted by Gasteiger charge is -2.23. The Morgan fingerprint density at radius 3 is 2.67 bits per heavy atom. The van der Waals surface area contributed by atoms with Gasteiger partial charge in [-0.05, 0) is 19.0 Å². The van der Waals surface area contributed by atoms with Gasteiger partial charge >= 0.3 is 0 Å². The van der Waals surface area contributed by atoms with Crippen molar-refractivity contribution in [3.05, 3.63) is 0 Å². The normalized spacial score (nSPS) is 19.9. The molecule has 1 atom stereocenters. The van der Waals surface area contributed by atoms with Gasteiger partial charge in [0.15, 0.2) is 5.12 Å². The lowest BCUT2D eigenvalue weighted by molar-refractivity contribution is -0.127. The molecule has 1 heterocycles. The van der Waals surface area contributed by atoms with E-state index in [1.54, 1.807) is 6.92 Å². The number of rotatable bonds is 7. The van der Waals surface area contributed by atoms with E-state index in [-0.39, 0.29) is 11.0 Å². The van der Waals surface area contributed by atoms with Crippen LogP contribution in [-0.4, -0.2) is 59.3 Å². The van der Waals surface area contributed by atoms with Crippen molar-refractivity contribution in [2.45, 2.75) is 27.2 Å². The first-order chi connectivity index (χ1) is 8.56. The number of hydrogen-bond acceptors (Lipinski definition) is 4. The zero-order valence-corrected chi connectivity index (χ0v) is 12.5. The molecule has 1 rings (SSSR count). The van der Waals surface area contributed by atoms with Crippen molar-refractivity contribution in [3.63, 3.8) is 0 Å². The number of thioether (sulfide) groups is 1. The van der Waals surface area contributed by atoms with Gasteiger partial charge in [0.1, 0.15) is 0 Å². The van der Waals surface area contributed by atoms with Gasteiger partial charge in [-0.2, -0.15) is 0 Å². The van der Waals surface area contributed by atoms with Crippen LogP contribution in [0.2, 0.25) is 0 Å². The maximum Gasteiger partial charge on any atom is 0.222 e. The van der Waals surface area contributed by atoms with E-state index >= 15 is 0 Å². The maximum absolute atomic E-state index is 11.8. The van der Waals surface area contributed by atoms with Gasteiger partial charge in [0, 0.05) is 38.7 Å². The van der Waals surface area contributed by atoms with E-state index in [1.165, 1.54) is 11.8 Å². The largest absolute Gasteiger partial charge is 0.341 e. The van der Waals surface area contributed by atoms with Crippen LogP contribution in [0.15, 0.2) is 0 Å². The van der Waals surface area contributed by atoms with Gasteiger partial charge in [-0.15, -0.1) is 0 Å². The minimum Gasteiger partial charge on any atom is -0.341 e. The average molecular weight is 272 g/mol. The number of likely N-dealkylation sites (N-methyl/N-ethyl adjacent to an activating group) is 1. The molecule has 1 saturated heterocycles. The first-order valence-corrected chi connectivity index (χ1v) is 7.68. The van der Waals surface area contributed by atoms with Gasteiger partial charge in [-0.3, -0.25) is 9.59 Å². The molecule has 0 radical (unpaired) electrons. The van der Waals surface area contributed by atoms with Crippen molar-refractivity contribution in [2.75, 3.05) is 38.5 Å². The molecule has 0 N–H and O–H groups in total. The van der Waals surface area contributed by atoms with Gasteiger partial charge < -0.3 is 9.80 Å². The highest BCUT2D eigenvalue weighted by Crippen LogP contribution is 2.22. The third-order valence-electron chi connectivity index (χ3n) is 3.40. The first-order valence-electron chi connectivity index (χ1n) is 6.70. The van der Waals surface area contributed by atoms with Crippen molar-refractivity contribution in [1.29, 1.82) is 0 Å². The Labute approximate surface area is 114 Å². The van der Waals surface area contributed by atoms with Crippen molar-refractivity contribution in [2.24, 2.45) is 5.92 Å². The molecule has 0 aromatic carbocycles. The van der Waals surface area contributed by atoms with Gasteiger partial charge in [0.2, 0.25) is 5.91 Å². The summed E-state index contributed by atoms with van der Waals surface area (Å²) in [7, 11) is 0. The Kier molecular flexibility index (Phi) is 6.71. The highest BCUT2D eigenvalue weighted by molar-refractivity contribution is 8.13. The van der Waals surface area contributed by atoms with Crippen LogP contribution in [0.5, 0.6) is 0 Å². The van der Waals surface area contributed by atoms with E-state index in [0.717, 1.165) is 38.5 Å². The SMILES string of the molecule is CCN(CC)CCN1CC(CSC(C)=O)CC1=O. The summed E-state index contributed by atoms with van der Waals surface area (Å²) >= 11 is 1.34. The lowest BCUT2D eigenvalue weighted by atomic mass is 10.1. The Bertz CT molecular complexity index is 293. The topological polar surface area (TPSA) is 40.6 Å². The van der Waals surface area contributed by atoms with E-state index in [0.29, 0.717) is 12.3 Å². The summed E-state index contributed by atoms with van der Waals surface area (Å²) < 4.78 is 0. The molecule has 1 amide bonds. The molecule has 104 valence electrons. The van der Waals surface area contributed by atoms with Crippen LogP contribution in [0.25, 0.3) is 0 Å². The second-order valence-electron chi connectivity index (χ2n) is 4.74. The van der Waals surface area contributed by atoms with Gasteiger partial charge in [-0.25, -0.2) is 0 Å². The fourth-order valence-electron chi connectivity index (χ4n) is 2.22. The summed E-state index contributed by atoms with van der Waals surface area (Å²) in [5.74, 6) is 1.38. The predicted octanol–water partition coefficient (Wildman–Crippen LogP) is 1.46. The van der Waals surface area contributed by atoms with Crippen LogP contribution >= 0.6 is 11.8 Å². The molecule has 0 aliphatic carbocycles. The first kappa shape index (κ1) is 15.5. The van der Waals surface area contributed by atoms with E-state index in [2.05, 4.69) is 18.7 Å². The van der Waals surface area contributed by atoms with Crippen LogP contribution in [0, 0.1) is 5.92 Å². The quantitative estimate of drug-likeness (QED) is 0.703. The second-order valence-corrected chi connectivity index (χ2v) is 5.94. The summed E-state index contributed by atoms with van der Waals surface area (Å²) in [6.45, 7) is 10.5. The molecule has 0 spiro atoms. The van der Waals surface area contributed by atoms with Crippen molar-refractivity contribution in [1.82, 2.24) is 9.80 Å². The molecule has 0 aromatic heterocycles. The average Bonchev–Trinajstić information content (AvgIpc) is 2.69. The minimum atomic E-state index is 0.143. The van der Waals surface area contributed by atoms with E-state index in [4.69, 9.17) is 0 Å². The zero-order chi connectivity index (χ0) is 13.5. The number of nitrogens with zero attached hydrogens (tertiary/aromatic N) is 2. The molecule has 18 heavy (non-hydrogen) atoms. The number of likely N-dealkylation sites (tertiary alicyclic amines) is 1. The zero-order valence-electron chi connectivity index (χ0n) is 11.6. The Morgan fingerprint density at radius 1 is 1.44 bits per heavy atom. The number of hydrogen-bond donors (Lipinski definition) is 0. The summed E-state index contributed by atoms with van der Waals surface area (Å²) in [5, 5.41) is 0.143. The van der Waals surface area contributed by atoms with Crippen molar-refractivity contribution < 1.29 is 9.59 Å². The molecule has 1 fully saturated rings. The van der Waals surface area contributed by atoms with Crippen LogP contribution in [-0.2, 0) is 9.59 Å². The van der Waals surface area contributed by atoms with Gasteiger partial charge in [0.05, 0.1) is 0 Å². The van der Waals surface area contributed by atoms with Crippen LogP contribution < -0.4 is 0 Å². The Morgan fingerprint density at radius 2 is 2.11 bits per heavy atom. The Hall–Kier alpha value is -0.550. The number of carbonyl (C=O) groups is 2. The van der Waals surface area contributed by atoms with Crippen molar-refractivity contribution >= 4 is 22.8 Å². The fraction of sp³-hybridized carbons (Fsp3) is 0.846. The number of amides is 1. The standard InChI is InChI=1S/C13H24N2O2S/c1-4-14(5-2)6-7-15-9-12(8-13(15)17)10-18-11(3)16/h12H,4-10H2,1-3H3. The van der Waals surface area contributed by atoms with Crippen LogP contribution in [0.3, 0.4) is 0 Å². The smallest absolute Gasteiger partial charge is 0.222 e. The summed E-state index contributed by atoms with van der Waals surface area (Å²) in [6.07, 6.45) is 0.610. The molecule has 0 saturated carbocycles. The van der Waals surface area contributed by atoms with Gasteiger partial charge in [-0.1, -0.05) is 25.6 Å². The van der Waals surface area contributed by atoms with E-state index in [1.807, 2.05) is 4.90 Å². The molecular weight excluding hydrogens is 248 g/mol. The van der Waals surface area contributed by atoms with Crippen molar-refractivity contribution in [3.8, 4) is 0 Å². The van der Waals surface area contributed by atoms with E-state index < -0.39 is 0 Å². The third kappa shape index (κ3) is 4.98. The fourth-order valence-corrected chi connectivity index (χ4v) is 2.91. The molecule has 0 aromatic rings. The molecule has 5 heteroatoms. The minimum absolute atomic E-state index is 0.143. The molecule has 1 aliphatic rings. The summed E-state index contributed by atoms with van der Waals surface area (Å²) in [5.41, 5.74) is 0. The van der Waals surface area contributed by atoms with Crippen LogP contribution in [0.1, 0.15) is 27.2 Å². The number of carbonyl (C=O) groups excluding carboxylic acids is 2. The Balaban J connectivity index is 2.31. The second kappa shape index (κ2) is 7.79. The van der Waals surface area contributed by atoms with E-state index in [9.17, 15) is 9.59 Å². The molecular formula is C13H24N2O2S. The molecule has 1 unspecified atom stereocenters. The third-order valence-corrected chi connectivity index (χ3v) is 4.44. The lowest BCUT2D eigenvalue weighted by Crippen LogP contribution is -2.36. The predicted molar refractivity (Wildman–Crippen MR) is 75.6 cm³/mol. The monoisotopic (exact) mass is 272 g/mol.